The van der Waals surface area contributed by atoms with Crippen LogP contribution in [0.5, 0.6) is 0 Å². The third-order valence-corrected chi connectivity index (χ3v) is 8.69. The summed E-state index contributed by atoms with van der Waals surface area (Å²) in [5, 5.41) is 5.55. The molecule has 2 aliphatic rings. The van der Waals surface area contributed by atoms with Crippen LogP contribution in [0.4, 0.5) is 4.79 Å². The Balaban J connectivity index is 1.18. The molecule has 8 nitrogen and oxygen atoms in total. The molecule has 1 aliphatic carbocycles. The number of nitrogens with zero attached hydrogens (tertiary/aromatic N) is 1. The summed E-state index contributed by atoms with van der Waals surface area (Å²) in [7, 11) is 1.24. The quantitative estimate of drug-likeness (QED) is 0.178. The molecule has 2 N–H and O–H groups in total. The molecular formula is C39H37N3O5. The standard InChI is InChI=1S/C39H37N3O5/c1-46-38(44)36(41-37(43)29-12-3-2-4-13-29)35(18-9-11-27-19-21-28(22-20-27)25-42-23-10-24-42)40-39(45)47-26-34-32-16-7-5-14-30(32)31-15-6-8-17-33(31)34/h2-8,12-17,19-22,34-36H,10,18,23-26H2,1H3,(H,40,45)(H,41,43). The zero-order valence-electron chi connectivity index (χ0n) is 26.3. The van der Waals surface area contributed by atoms with Gasteiger partial charge in [0.05, 0.1) is 13.2 Å². The van der Waals surface area contributed by atoms with Crippen LogP contribution in [0.2, 0.25) is 0 Å². The normalized spacial score (nSPS) is 14.7. The highest BCUT2D eigenvalue weighted by molar-refractivity contribution is 5.97. The number of carbonyl (C=O) groups is 3. The van der Waals surface area contributed by atoms with Gasteiger partial charge in [0, 0.05) is 30.0 Å². The zero-order valence-corrected chi connectivity index (χ0v) is 26.3. The van der Waals surface area contributed by atoms with Crippen molar-refractivity contribution in [1.29, 1.82) is 0 Å². The lowest BCUT2D eigenvalue weighted by Gasteiger charge is -2.30. The average Bonchev–Trinajstić information content (AvgIpc) is 3.41. The Morgan fingerprint density at radius 2 is 1.47 bits per heavy atom. The number of nitrogens with one attached hydrogen (secondary N) is 2. The van der Waals surface area contributed by atoms with Gasteiger partial charge in [-0.1, -0.05) is 90.7 Å². The van der Waals surface area contributed by atoms with E-state index in [4.69, 9.17) is 9.47 Å². The second-order valence-electron chi connectivity index (χ2n) is 11.7. The predicted octanol–water partition coefficient (Wildman–Crippen LogP) is 5.51. The lowest BCUT2D eigenvalue weighted by atomic mass is 9.98. The van der Waals surface area contributed by atoms with Crippen molar-refractivity contribution >= 4 is 18.0 Å². The maximum absolute atomic E-state index is 13.3. The number of ether oxygens (including phenoxy) is 2. The Morgan fingerprint density at radius 1 is 0.830 bits per heavy atom. The third kappa shape index (κ3) is 7.54. The number of methoxy groups -OCH3 is 1. The fourth-order valence-corrected chi connectivity index (χ4v) is 6.06. The van der Waals surface area contributed by atoms with Gasteiger partial charge in [0.2, 0.25) is 0 Å². The number of hydrogen-bond acceptors (Lipinski definition) is 6. The van der Waals surface area contributed by atoms with E-state index in [1.54, 1.807) is 30.3 Å². The van der Waals surface area contributed by atoms with Crippen molar-refractivity contribution in [2.75, 3.05) is 26.8 Å². The fourth-order valence-electron chi connectivity index (χ4n) is 6.06. The summed E-state index contributed by atoms with van der Waals surface area (Å²) in [6.07, 6.45) is 0.568. The number of alkyl carbamates (subject to hydrolysis) is 1. The minimum atomic E-state index is -1.22. The molecule has 0 radical (unpaired) electrons. The molecule has 6 rings (SSSR count). The Morgan fingerprint density at radius 3 is 2.09 bits per heavy atom. The summed E-state index contributed by atoms with van der Waals surface area (Å²) < 4.78 is 10.8. The molecular weight excluding hydrogens is 590 g/mol. The van der Waals surface area contributed by atoms with Crippen LogP contribution >= 0.6 is 0 Å². The van der Waals surface area contributed by atoms with E-state index in [0.717, 1.165) is 47.5 Å². The van der Waals surface area contributed by atoms with Crippen LogP contribution in [0.1, 0.15) is 51.4 Å². The van der Waals surface area contributed by atoms with Gasteiger partial charge < -0.3 is 20.1 Å². The zero-order chi connectivity index (χ0) is 32.6. The molecule has 0 bridgehead atoms. The van der Waals surface area contributed by atoms with Gasteiger partial charge in [0.1, 0.15) is 12.6 Å². The maximum Gasteiger partial charge on any atom is 0.407 e. The van der Waals surface area contributed by atoms with Crippen LogP contribution in [0, 0.1) is 11.8 Å². The minimum Gasteiger partial charge on any atom is -0.467 e. The highest BCUT2D eigenvalue weighted by atomic mass is 16.5. The summed E-state index contributed by atoms with van der Waals surface area (Å²) in [6.45, 7) is 3.27. The molecule has 1 fully saturated rings. The molecule has 1 heterocycles. The van der Waals surface area contributed by atoms with Crippen LogP contribution < -0.4 is 10.6 Å². The highest BCUT2D eigenvalue weighted by Gasteiger charge is 2.34. The number of likely N-dealkylation sites (tertiary alicyclic amines) is 1. The van der Waals surface area contributed by atoms with Crippen molar-refractivity contribution < 1.29 is 23.9 Å². The smallest absolute Gasteiger partial charge is 0.407 e. The largest absolute Gasteiger partial charge is 0.467 e. The third-order valence-electron chi connectivity index (χ3n) is 8.69. The van der Waals surface area contributed by atoms with Gasteiger partial charge in [-0.25, -0.2) is 9.59 Å². The number of carbonyl (C=O) groups excluding carboxylic acids is 3. The summed E-state index contributed by atoms with van der Waals surface area (Å²) in [5.41, 5.74) is 6.80. The molecule has 2 unspecified atom stereocenters. The van der Waals surface area contributed by atoms with E-state index in [9.17, 15) is 14.4 Å². The molecule has 8 heteroatoms. The molecule has 2 atom stereocenters. The average molecular weight is 628 g/mol. The molecule has 2 amide bonds. The summed E-state index contributed by atoms with van der Waals surface area (Å²) >= 11 is 0. The summed E-state index contributed by atoms with van der Waals surface area (Å²) in [5.74, 6) is 4.90. The lowest BCUT2D eigenvalue weighted by molar-refractivity contribution is -0.143. The van der Waals surface area contributed by atoms with Crippen molar-refractivity contribution in [1.82, 2.24) is 15.5 Å². The van der Waals surface area contributed by atoms with E-state index in [1.807, 2.05) is 48.5 Å². The summed E-state index contributed by atoms with van der Waals surface area (Å²) in [6, 6.07) is 30.6. The molecule has 1 saturated heterocycles. The first-order valence-electron chi connectivity index (χ1n) is 15.9. The SMILES string of the molecule is COC(=O)C(NC(=O)c1ccccc1)C(CC#Cc1ccc(CN2CCC2)cc1)NC(=O)OCC1c2ccccc2-c2ccccc21. The van der Waals surface area contributed by atoms with Crippen LogP contribution in [-0.2, 0) is 20.8 Å². The van der Waals surface area contributed by atoms with Crippen LogP contribution in [0.3, 0.4) is 0 Å². The van der Waals surface area contributed by atoms with Gasteiger partial charge in [-0.2, -0.15) is 0 Å². The van der Waals surface area contributed by atoms with Crippen molar-refractivity contribution in [2.45, 2.75) is 37.4 Å². The second-order valence-corrected chi connectivity index (χ2v) is 11.7. The minimum absolute atomic E-state index is 0.0502. The molecule has 47 heavy (non-hydrogen) atoms. The van der Waals surface area contributed by atoms with Crippen molar-refractivity contribution in [3.8, 4) is 23.0 Å². The van der Waals surface area contributed by atoms with E-state index in [1.165, 1.54) is 19.1 Å². The first-order chi connectivity index (χ1) is 23.0. The van der Waals surface area contributed by atoms with Crippen molar-refractivity contribution in [3.05, 3.63) is 131 Å². The van der Waals surface area contributed by atoms with E-state index >= 15 is 0 Å². The predicted molar refractivity (Wildman–Crippen MR) is 180 cm³/mol. The van der Waals surface area contributed by atoms with Gasteiger partial charge in [0.25, 0.3) is 5.91 Å². The Kier molecular flexibility index (Phi) is 9.95. The van der Waals surface area contributed by atoms with Crippen molar-refractivity contribution in [2.24, 2.45) is 0 Å². The first kappa shape index (κ1) is 31.6. The molecule has 0 aromatic heterocycles. The van der Waals surface area contributed by atoms with E-state index < -0.39 is 30.1 Å². The molecule has 0 saturated carbocycles. The monoisotopic (exact) mass is 627 g/mol. The number of fused-ring (bicyclic) bond motifs is 3. The maximum atomic E-state index is 13.3. The van der Waals surface area contributed by atoms with Crippen LogP contribution in [-0.4, -0.2) is 61.8 Å². The van der Waals surface area contributed by atoms with E-state index in [0.29, 0.717) is 5.56 Å². The van der Waals surface area contributed by atoms with E-state index in [2.05, 4.69) is 51.6 Å². The van der Waals surface area contributed by atoms with Gasteiger partial charge in [-0.15, -0.1) is 0 Å². The molecule has 1 aliphatic heterocycles. The van der Waals surface area contributed by atoms with Crippen molar-refractivity contribution in [3.63, 3.8) is 0 Å². The Hall–Kier alpha value is -5.39. The first-order valence-corrected chi connectivity index (χ1v) is 15.9. The number of amides is 2. The lowest BCUT2D eigenvalue weighted by Crippen LogP contribution is -2.56. The molecule has 238 valence electrons. The molecule has 4 aromatic carbocycles. The topological polar surface area (TPSA) is 97.0 Å². The number of esters is 1. The second kappa shape index (κ2) is 14.8. The van der Waals surface area contributed by atoms with Gasteiger partial charge in [0.15, 0.2) is 0 Å². The van der Waals surface area contributed by atoms with E-state index in [-0.39, 0.29) is 18.9 Å². The molecule has 0 spiro atoms. The van der Waals surface area contributed by atoms with Gasteiger partial charge >= 0.3 is 12.1 Å². The van der Waals surface area contributed by atoms with Gasteiger partial charge in [-0.3, -0.25) is 9.69 Å². The molecule has 4 aromatic rings. The number of rotatable bonds is 10. The Labute approximate surface area is 275 Å². The summed E-state index contributed by atoms with van der Waals surface area (Å²) in [4.78, 5) is 41.9. The van der Waals surface area contributed by atoms with Gasteiger partial charge in [-0.05, 0) is 71.6 Å². The fraction of sp³-hybridized carbons (Fsp3) is 0.256. The Bertz CT molecular complexity index is 1750. The highest BCUT2D eigenvalue weighted by Crippen LogP contribution is 2.44. The van der Waals surface area contributed by atoms with Crippen LogP contribution in [0.25, 0.3) is 11.1 Å². The number of benzene rings is 4. The number of hydrogen-bond donors (Lipinski definition) is 2. The van der Waals surface area contributed by atoms with Crippen LogP contribution in [0.15, 0.2) is 103 Å².